The van der Waals surface area contributed by atoms with Gasteiger partial charge in [-0.05, 0) is 56.5 Å². The first kappa shape index (κ1) is 22.1. The Labute approximate surface area is 179 Å². The maximum atomic E-state index is 14.2. The lowest BCUT2D eigenvalue weighted by atomic mass is 10.1. The summed E-state index contributed by atoms with van der Waals surface area (Å²) in [5.74, 6) is -1.23. The number of amides is 1. The van der Waals surface area contributed by atoms with Gasteiger partial charge in [-0.3, -0.25) is 14.2 Å². The van der Waals surface area contributed by atoms with E-state index in [1.54, 1.807) is 25.1 Å². The van der Waals surface area contributed by atoms with Gasteiger partial charge in [-0.15, -0.1) is 0 Å². The Morgan fingerprint density at radius 1 is 1.13 bits per heavy atom. The zero-order chi connectivity index (χ0) is 22.7. The standard InChI is InChI=1S/C23H25FN4O3/c1-5-16(4)25-21(29)20-22(30)27(13-17-8-6-7-9-19(17)24)23(31)28(26-20)18-11-10-14(2)15(3)12-18/h6-12,16H,5,13H2,1-4H3,(H,25,29)/t16-/m0/s1. The Morgan fingerprint density at radius 3 is 2.48 bits per heavy atom. The van der Waals surface area contributed by atoms with Crippen LogP contribution in [0.5, 0.6) is 0 Å². The number of carbonyl (C=O) groups excluding carboxylic acids is 1. The van der Waals surface area contributed by atoms with Crippen molar-refractivity contribution in [3.63, 3.8) is 0 Å². The van der Waals surface area contributed by atoms with Crippen molar-refractivity contribution in [2.45, 2.75) is 46.7 Å². The molecule has 0 saturated carbocycles. The highest BCUT2D eigenvalue weighted by Crippen LogP contribution is 2.12. The minimum Gasteiger partial charge on any atom is -0.348 e. The molecule has 0 fully saturated rings. The summed E-state index contributed by atoms with van der Waals surface area (Å²) in [7, 11) is 0. The molecular formula is C23H25FN4O3. The molecule has 0 aliphatic heterocycles. The fraction of sp³-hybridized carbons (Fsp3) is 0.304. The van der Waals surface area contributed by atoms with Crippen LogP contribution in [0.3, 0.4) is 0 Å². The van der Waals surface area contributed by atoms with Crippen molar-refractivity contribution in [1.29, 1.82) is 0 Å². The molecule has 1 aromatic heterocycles. The third kappa shape index (κ3) is 4.63. The van der Waals surface area contributed by atoms with Gasteiger partial charge in [-0.1, -0.05) is 31.2 Å². The van der Waals surface area contributed by atoms with E-state index in [-0.39, 0.29) is 18.2 Å². The predicted molar refractivity (Wildman–Crippen MR) is 116 cm³/mol. The molecule has 0 radical (unpaired) electrons. The van der Waals surface area contributed by atoms with Crippen LogP contribution < -0.4 is 16.6 Å². The SMILES string of the molecule is CC[C@H](C)NC(=O)c1nn(-c2ccc(C)c(C)c2)c(=O)n(Cc2ccccc2F)c1=O. The summed E-state index contributed by atoms with van der Waals surface area (Å²) in [6.07, 6.45) is 0.659. The fourth-order valence-corrected chi connectivity index (χ4v) is 3.01. The molecule has 0 aliphatic rings. The van der Waals surface area contributed by atoms with E-state index in [0.717, 1.165) is 20.4 Å². The third-order valence-electron chi connectivity index (χ3n) is 5.29. The van der Waals surface area contributed by atoms with E-state index >= 15 is 0 Å². The molecule has 0 spiro atoms. The van der Waals surface area contributed by atoms with Gasteiger partial charge < -0.3 is 5.32 Å². The number of nitrogens with zero attached hydrogens (tertiary/aromatic N) is 3. The lowest BCUT2D eigenvalue weighted by Crippen LogP contribution is -2.47. The van der Waals surface area contributed by atoms with E-state index in [1.807, 2.05) is 26.8 Å². The van der Waals surface area contributed by atoms with Crippen molar-refractivity contribution in [3.05, 3.63) is 91.5 Å². The van der Waals surface area contributed by atoms with Crippen LogP contribution in [0.4, 0.5) is 4.39 Å². The van der Waals surface area contributed by atoms with E-state index in [1.165, 1.54) is 18.2 Å². The van der Waals surface area contributed by atoms with Crippen LogP contribution >= 0.6 is 0 Å². The highest BCUT2D eigenvalue weighted by Gasteiger charge is 2.22. The molecule has 0 saturated heterocycles. The zero-order valence-electron chi connectivity index (χ0n) is 18.0. The van der Waals surface area contributed by atoms with E-state index < -0.39 is 28.7 Å². The van der Waals surface area contributed by atoms with Gasteiger partial charge in [-0.25, -0.2) is 9.18 Å². The Balaban J connectivity index is 2.23. The normalized spacial score (nSPS) is 11.9. The predicted octanol–water partition coefficient (Wildman–Crippen LogP) is 2.73. The molecule has 1 heterocycles. The van der Waals surface area contributed by atoms with E-state index in [2.05, 4.69) is 10.4 Å². The van der Waals surface area contributed by atoms with E-state index in [9.17, 15) is 18.8 Å². The Bertz CT molecular complexity index is 1250. The molecule has 1 atom stereocenters. The first-order chi connectivity index (χ1) is 14.7. The van der Waals surface area contributed by atoms with Crippen LogP contribution in [0, 0.1) is 19.7 Å². The molecule has 3 aromatic rings. The molecule has 31 heavy (non-hydrogen) atoms. The van der Waals surface area contributed by atoms with Gasteiger partial charge in [0.15, 0.2) is 0 Å². The largest absolute Gasteiger partial charge is 0.352 e. The van der Waals surface area contributed by atoms with Crippen molar-refractivity contribution in [1.82, 2.24) is 19.7 Å². The summed E-state index contributed by atoms with van der Waals surface area (Å²) >= 11 is 0. The minimum absolute atomic E-state index is 0.160. The van der Waals surface area contributed by atoms with Gasteiger partial charge >= 0.3 is 5.69 Å². The molecule has 1 N–H and O–H groups in total. The lowest BCUT2D eigenvalue weighted by molar-refractivity contribution is 0.0929. The fourth-order valence-electron chi connectivity index (χ4n) is 3.01. The van der Waals surface area contributed by atoms with E-state index in [0.29, 0.717) is 12.1 Å². The number of rotatable bonds is 6. The Morgan fingerprint density at radius 2 is 1.84 bits per heavy atom. The number of benzene rings is 2. The number of hydrogen-bond donors (Lipinski definition) is 1. The van der Waals surface area contributed by atoms with E-state index in [4.69, 9.17) is 0 Å². The quantitative estimate of drug-likeness (QED) is 0.659. The van der Waals surface area contributed by atoms with Crippen LogP contribution in [0.2, 0.25) is 0 Å². The summed E-state index contributed by atoms with van der Waals surface area (Å²) in [5, 5.41) is 6.79. The van der Waals surface area contributed by atoms with Crippen molar-refractivity contribution < 1.29 is 9.18 Å². The third-order valence-corrected chi connectivity index (χ3v) is 5.29. The Hall–Kier alpha value is -3.55. The molecule has 0 unspecified atom stereocenters. The van der Waals surface area contributed by atoms with Crippen LogP contribution in [0.15, 0.2) is 52.1 Å². The molecule has 1 amide bonds. The second-order valence-electron chi connectivity index (χ2n) is 7.58. The average Bonchev–Trinajstić information content (AvgIpc) is 2.74. The molecule has 7 nitrogen and oxygen atoms in total. The molecule has 0 aliphatic carbocycles. The maximum Gasteiger partial charge on any atom is 0.352 e. The number of halogens is 1. The smallest absolute Gasteiger partial charge is 0.348 e. The first-order valence-electron chi connectivity index (χ1n) is 10.1. The molecule has 8 heteroatoms. The summed E-state index contributed by atoms with van der Waals surface area (Å²) < 4.78 is 16.1. The molecule has 3 rings (SSSR count). The maximum absolute atomic E-state index is 14.2. The lowest BCUT2D eigenvalue weighted by Gasteiger charge is -2.15. The molecule has 162 valence electrons. The van der Waals surface area contributed by atoms with Crippen LogP contribution in [0.1, 0.15) is 47.4 Å². The van der Waals surface area contributed by atoms with Crippen molar-refractivity contribution in [2.24, 2.45) is 0 Å². The van der Waals surface area contributed by atoms with Gasteiger partial charge in [0, 0.05) is 11.6 Å². The van der Waals surface area contributed by atoms with Crippen LogP contribution in [-0.2, 0) is 6.54 Å². The highest BCUT2D eigenvalue weighted by atomic mass is 19.1. The van der Waals surface area contributed by atoms with Crippen molar-refractivity contribution in [2.75, 3.05) is 0 Å². The zero-order valence-corrected chi connectivity index (χ0v) is 18.0. The average molecular weight is 424 g/mol. The number of aryl methyl sites for hydroxylation is 2. The van der Waals surface area contributed by atoms with Crippen molar-refractivity contribution >= 4 is 5.91 Å². The number of nitrogens with one attached hydrogen (secondary N) is 1. The molecule has 2 aromatic carbocycles. The number of aromatic nitrogens is 3. The van der Waals surface area contributed by atoms with Gasteiger partial charge in [-0.2, -0.15) is 9.78 Å². The summed E-state index contributed by atoms with van der Waals surface area (Å²) in [5.41, 5.74) is 0.468. The summed E-state index contributed by atoms with van der Waals surface area (Å²) in [6.45, 7) is 7.19. The number of carbonyl (C=O) groups is 1. The summed E-state index contributed by atoms with van der Waals surface area (Å²) in [6, 6.07) is 10.9. The van der Waals surface area contributed by atoms with Gasteiger partial charge in [0.25, 0.3) is 11.5 Å². The Kier molecular flexibility index (Phi) is 6.48. The first-order valence-corrected chi connectivity index (χ1v) is 10.1. The van der Waals surface area contributed by atoms with Gasteiger partial charge in [0.1, 0.15) is 5.82 Å². The number of hydrogen-bond acceptors (Lipinski definition) is 4. The van der Waals surface area contributed by atoms with Crippen LogP contribution in [0.25, 0.3) is 5.69 Å². The highest BCUT2D eigenvalue weighted by molar-refractivity contribution is 5.91. The summed E-state index contributed by atoms with van der Waals surface area (Å²) in [4.78, 5) is 38.9. The topological polar surface area (TPSA) is 86.0 Å². The molecule has 0 bridgehead atoms. The van der Waals surface area contributed by atoms with Gasteiger partial charge in [0.2, 0.25) is 5.69 Å². The monoisotopic (exact) mass is 424 g/mol. The molecular weight excluding hydrogens is 399 g/mol. The second kappa shape index (κ2) is 9.07. The van der Waals surface area contributed by atoms with Crippen LogP contribution in [-0.4, -0.2) is 26.3 Å². The van der Waals surface area contributed by atoms with Crippen molar-refractivity contribution in [3.8, 4) is 5.69 Å². The second-order valence-corrected chi connectivity index (χ2v) is 7.58. The van der Waals surface area contributed by atoms with Gasteiger partial charge in [0.05, 0.1) is 12.2 Å². The minimum atomic E-state index is -0.867.